The van der Waals surface area contributed by atoms with Gasteiger partial charge in [-0.3, -0.25) is 0 Å². The van der Waals surface area contributed by atoms with Crippen LogP contribution in [-0.2, 0) is 10.0 Å². The van der Waals surface area contributed by atoms with E-state index >= 15 is 0 Å². The van der Waals surface area contributed by atoms with E-state index < -0.39 is 10.0 Å². The average molecular weight is 272 g/mol. The zero-order chi connectivity index (χ0) is 13.8. The summed E-state index contributed by atoms with van der Waals surface area (Å²) >= 11 is 0. The molecular formula is C12H20N2O3S. The molecule has 2 atom stereocenters. The molecule has 0 saturated carbocycles. The summed E-state index contributed by atoms with van der Waals surface area (Å²) in [5, 5.41) is 17.4. The van der Waals surface area contributed by atoms with Gasteiger partial charge in [0.05, 0.1) is 11.0 Å². The molecule has 5 nitrogen and oxygen atoms in total. The highest BCUT2D eigenvalue weighted by atomic mass is 32.2. The predicted octanol–water partition coefficient (Wildman–Crippen LogP) is 0.756. The van der Waals surface area contributed by atoms with Gasteiger partial charge in [-0.05, 0) is 44.5 Å². The van der Waals surface area contributed by atoms with Crippen molar-refractivity contribution in [2.45, 2.75) is 37.3 Å². The molecule has 4 N–H and O–H groups in total. The van der Waals surface area contributed by atoms with Crippen LogP contribution in [0.2, 0.25) is 0 Å². The Bertz CT molecular complexity index is 469. The first kappa shape index (κ1) is 15.1. The van der Waals surface area contributed by atoms with Crippen LogP contribution in [0.5, 0.6) is 0 Å². The zero-order valence-electron chi connectivity index (χ0n) is 10.6. The lowest BCUT2D eigenvalue weighted by atomic mass is 10.1. The van der Waals surface area contributed by atoms with Crippen molar-refractivity contribution in [1.82, 2.24) is 5.32 Å². The molecule has 0 spiro atoms. The van der Waals surface area contributed by atoms with Gasteiger partial charge in [0, 0.05) is 6.04 Å². The van der Waals surface area contributed by atoms with Crippen LogP contribution >= 0.6 is 0 Å². The van der Waals surface area contributed by atoms with E-state index in [1.54, 1.807) is 19.1 Å². The molecule has 0 saturated heterocycles. The Hall–Kier alpha value is -0.950. The summed E-state index contributed by atoms with van der Waals surface area (Å²) in [6.07, 6.45) is 0.356. The third-order valence-electron chi connectivity index (χ3n) is 2.72. The Morgan fingerprint density at radius 3 is 2.28 bits per heavy atom. The molecule has 18 heavy (non-hydrogen) atoms. The van der Waals surface area contributed by atoms with E-state index in [1.807, 2.05) is 6.92 Å². The van der Waals surface area contributed by atoms with Crippen LogP contribution in [0.15, 0.2) is 29.2 Å². The third kappa shape index (κ3) is 4.73. The van der Waals surface area contributed by atoms with Gasteiger partial charge < -0.3 is 10.4 Å². The minimum atomic E-state index is -3.63. The summed E-state index contributed by atoms with van der Waals surface area (Å²) in [4.78, 5) is 0.113. The molecule has 6 heteroatoms. The number of rotatable bonds is 6. The SMILES string of the molecule is CC(O)CCNC(C)c1ccc(S(N)(=O)=O)cc1. The maximum Gasteiger partial charge on any atom is 0.238 e. The van der Waals surface area contributed by atoms with Gasteiger partial charge in [-0.25, -0.2) is 13.6 Å². The monoisotopic (exact) mass is 272 g/mol. The van der Waals surface area contributed by atoms with Gasteiger partial charge in [-0.15, -0.1) is 0 Å². The molecule has 0 radical (unpaired) electrons. The molecule has 1 rings (SSSR count). The van der Waals surface area contributed by atoms with Crippen molar-refractivity contribution >= 4 is 10.0 Å². The molecular weight excluding hydrogens is 252 g/mol. The van der Waals surface area contributed by atoms with Gasteiger partial charge in [0.15, 0.2) is 0 Å². The fourth-order valence-electron chi connectivity index (χ4n) is 1.57. The number of aliphatic hydroxyl groups excluding tert-OH is 1. The first-order valence-corrected chi connectivity index (χ1v) is 7.39. The molecule has 1 aromatic rings. The van der Waals surface area contributed by atoms with Crippen LogP contribution in [-0.4, -0.2) is 26.2 Å². The van der Waals surface area contributed by atoms with Crippen molar-refractivity contribution < 1.29 is 13.5 Å². The van der Waals surface area contributed by atoms with Crippen LogP contribution in [0, 0.1) is 0 Å². The molecule has 0 amide bonds. The number of sulfonamides is 1. The van der Waals surface area contributed by atoms with Gasteiger partial charge in [-0.1, -0.05) is 12.1 Å². The molecule has 0 heterocycles. The van der Waals surface area contributed by atoms with E-state index in [1.165, 1.54) is 12.1 Å². The van der Waals surface area contributed by atoms with Crippen molar-refractivity contribution in [2.24, 2.45) is 5.14 Å². The highest BCUT2D eigenvalue weighted by Crippen LogP contribution is 2.15. The topological polar surface area (TPSA) is 92.4 Å². The predicted molar refractivity (Wildman–Crippen MR) is 70.5 cm³/mol. The van der Waals surface area contributed by atoms with E-state index in [0.29, 0.717) is 13.0 Å². The van der Waals surface area contributed by atoms with E-state index in [4.69, 9.17) is 10.2 Å². The van der Waals surface area contributed by atoms with Crippen molar-refractivity contribution in [2.75, 3.05) is 6.54 Å². The Balaban J connectivity index is 2.62. The zero-order valence-corrected chi connectivity index (χ0v) is 11.4. The quantitative estimate of drug-likeness (QED) is 0.712. The Labute approximate surface area is 108 Å². The standard InChI is InChI=1S/C12H20N2O3S/c1-9(15)7-8-14-10(2)11-3-5-12(6-4-11)18(13,16)17/h3-6,9-10,14-15H,7-8H2,1-2H3,(H2,13,16,17). The lowest BCUT2D eigenvalue weighted by molar-refractivity contribution is 0.182. The fraction of sp³-hybridized carbons (Fsp3) is 0.500. The van der Waals surface area contributed by atoms with Crippen LogP contribution in [0.25, 0.3) is 0 Å². The summed E-state index contributed by atoms with van der Waals surface area (Å²) in [7, 11) is -3.63. The molecule has 1 aromatic carbocycles. The maximum atomic E-state index is 11.1. The van der Waals surface area contributed by atoms with Gasteiger partial charge >= 0.3 is 0 Å². The number of hydrogen-bond acceptors (Lipinski definition) is 4. The minimum Gasteiger partial charge on any atom is -0.393 e. The van der Waals surface area contributed by atoms with E-state index in [-0.39, 0.29) is 17.0 Å². The number of nitrogens with two attached hydrogens (primary N) is 1. The number of benzene rings is 1. The van der Waals surface area contributed by atoms with E-state index in [9.17, 15) is 8.42 Å². The average Bonchev–Trinajstić information content (AvgIpc) is 2.27. The Kier molecular flexibility index (Phi) is 5.28. The lowest BCUT2D eigenvalue weighted by Crippen LogP contribution is -2.22. The molecule has 0 aliphatic rings. The van der Waals surface area contributed by atoms with Crippen molar-refractivity contribution in [3.05, 3.63) is 29.8 Å². The summed E-state index contributed by atoms with van der Waals surface area (Å²) in [6.45, 7) is 4.43. The number of aliphatic hydroxyl groups is 1. The van der Waals surface area contributed by atoms with Crippen LogP contribution in [0.1, 0.15) is 31.9 Å². The van der Waals surface area contributed by atoms with E-state index in [2.05, 4.69) is 5.32 Å². The molecule has 0 aliphatic carbocycles. The van der Waals surface area contributed by atoms with Gasteiger partial charge in [0.25, 0.3) is 0 Å². The van der Waals surface area contributed by atoms with Crippen molar-refractivity contribution in [3.8, 4) is 0 Å². The molecule has 102 valence electrons. The Morgan fingerprint density at radius 1 is 1.28 bits per heavy atom. The van der Waals surface area contributed by atoms with Crippen molar-refractivity contribution in [3.63, 3.8) is 0 Å². The lowest BCUT2D eigenvalue weighted by Gasteiger charge is -2.15. The summed E-state index contributed by atoms with van der Waals surface area (Å²) < 4.78 is 22.2. The minimum absolute atomic E-state index is 0.0956. The van der Waals surface area contributed by atoms with E-state index in [0.717, 1.165) is 5.56 Å². The fourth-order valence-corrected chi connectivity index (χ4v) is 2.09. The van der Waals surface area contributed by atoms with Gasteiger partial charge in [0.1, 0.15) is 0 Å². The molecule has 2 unspecified atom stereocenters. The highest BCUT2D eigenvalue weighted by molar-refractivity contribution is 7.89. The second-order valence-electron chi connectivity index (χ2n) is 4.43. The largest absolute Gasteiger partial charge is 0.393 e. The molecule has 0 aliphatic heterocycles. The number of hydrogen-bond donors (Lipinski definition) is 3. The second-order valence-corrected chi connectivity index (χ2v) is 5.99. The summed E-state index contributed by atoms with van der Waals surface area (Å²) in [5.74, 6) is 0. The highest BCUT2D eigenvalue weighted by Gasteiger charge is 2.09. The van der Waals surface area contributed by atoms with Crippen LogP contribution in [0.4, 0.5) is 0 Å². The summed E-state index contributed by atoms with van der Waals surface area (Å²) in [5.41, 5.74) is 0.980. The number of nitrogens with one attached hydrogen (secondary N) is 1. The maximum absolute atomic E-state index is 11.1. The van der Waals surface area contributed by atoms with Crippen LogP contribution in [0.3, 0.4) is 0 Å². The van der Waals surface area contributed by atoms with Gasteiger partial charge in [-0.2, -0.15) is 0 Å². The van der Waals surface area contributed by atoms with Crippen molar-refractivity contribution in [1.29, 1.82) is 0 Å². The Morgan fingerprint density at radius 2 is 1.83 bits per heavy atom. The molecule has 0 bridgehead atoms. The molecule has 0 aromatic heterocycles. The summed E-state index contributed by atoms with van der Waals surface area (Å²) in [6, 6.07) is 6.56. The third-order valence-corrected chi connectivity index (χ3v) is 3.65. The van der Waals surface area contributed by atoms with Crippen LogP contribution < -0.4 is 10.5 Å². The second kappa shape index (κ2) is 6.29. The normalized spacial score (nSPS) is 15.3. The van der Waals surface area contributed by atoms with Gasteiger partial charge in [0.2, 0.25) is 10.0 Å². The smallest absolute Gasteiger partial charge is 0.238 e. The first-order valence-electron chi connectivity index (χ1n) is 5.85. The number of primary sulfonamides is 1. The first-order chi connectivity index (χ1) is 8.30. The molecule has 0 fully saturated rings.